The van der Waals surface area contributed by atoms with Crippen molar-refractivity contribution in [1.29, 1.82) is 0 Å². The second-order valence-electron chi connectivity index (χ2n) is 5.35. The molecule has 0 aromatic carbocycles. The predicted octanol–water partition coefficient (Wildman–Crippen LogP) is 2.75. The highest BCUT2D eigenvalue weighted by molar-refractivity contribution is 5.75. The standard InChI is InChI=1S/C13H25NO2/c1-4-7-11(2)14(3)10-13(12(15)16)8-5-6-9-13/h11H,4-10H2,1-3H3,(H,15,16). The fourth-order valence-corrected chi connectivity index (χ4v) is 2.76. The summed E-state index contributed by atoms with van der Waals surface area (Å²) >= 11 is 0. The Hall–Kier alpha value is -0.570. The van der Waals surface area contributed by atoms with Gasteiger partial charge in [0.2, 0.25) is 0 Å². The van der Waals surface area contributed by atoms with Gasteiger partial charge in [-0.2, -0.15) is 0 Å². The summed E-state index contributed by atoms with van der Waals surface area (Å²) in [6.45, 7) is 5.07. The summed E-state index contributed by atoms with van der Waals surface area (Å²) in [6, 6.07) is 0.488. The molecule has 94 valence electrons. The summed E-state index contributed by atoms with van der Waals surface area (Å²) in [4.78, 5) is 13.6. The van der Waals surface area contributed by atoms with Crippen LogP contribution in [0.3, 0.4) is 0 Å². The molecule has 16 heavy (non-hydrogen) atoms. The molecule has 0 heterocycles. The molecule has 0 aliphatic heterocycles. The molecule has 1 rings (SSSR count). The summed E-state index contributed by atoms with van der Waals surface area (Å²) in [5.41, 5.74) is -0.462. The maximum atomic E-state index is 11.4. The maximum absolute atomic E-state index is 11.4. The van der Waals surface area contributed by atoms with E-state index in [1.54, 1.807) is 0 Å². The van der Waals surface area contributed by atoms with Crippen LogP contribution in [0.15, 0.2) is 0 Å². The number of carboxylic acids is 1. The van der Waals surface area contributed by atoms with Gasteiger partial charge < -0.3 is 10.0 Å². The van der Waals surface area contributed by atoms with Gasteiger partial charge in [-0.05, 0) is 33.2 Å². The largest absolute Gasteiger partial charge is 0.481 e. The van der Waals surface area contributed by atoms with Crippen LogP contribution in [0.25, 0.3) is 0 Å². The highest BCUT2D eigenvalue weighted by atomic mass is 16.4. The number of aliphatic carboxylic acids is 1. The molecule has 1 atom stereocenters. The first kappa shape index (κ1) is 13.5. The third kappa shape index (κ3) is 2.97. The number of nitrogens with zero attached hydrogens (tertiary/aromatic N) is 1. The van der Waals surface area contributed by atoms with Crippen molar-refractivity contribution in [2.24, 2.45) is 5.41 Å². The number of hydrogen-bond donors (Lipinski definition) is 1. The summed E-state index contributed by atoms with van der Waals surface area (Å²) < 4.78 is 0. The quantitative estimate of drug-likeness (QED) is 0.758. The summed E-state index contributed by atoms with van der Waals surface area (Å²) in [5, 5.41) is 9.40. The Kier molecular flexibility index (Phi) is 4.78. The molecule has 1 aliphatic carbocycles. The fourth-order valence-electron chi connectivity index (χ4n) is 2.76. The molecule has 0 amide bonds. The molecule has 0 saturated heterocycles. The van der Waals surface area contributed by atoms with Crippen molar-refractivity contribution in [1.82, 2.24) is 4.90 Å². The molecular weight excluding hydrogens is 202 g/mol. The highest BCUT2D eigenvalue weighted by Crippen LogP contribution is 2.39. The molecule has 1 N–H and O–H groups in total. The van der Waals surface area contributed by atoms with Crippen molar-refractivity contribution in [2.75, 3.05) is 13.6 Å². The van der Waals surface area contributed by atoms with Crippen molar-refractivity contribution in [3.05, 3.63) is 0 Å². The molecule has 1 aliphatic rings. The smallest absolute Gasteiger partial charge is 0.310 e. The van der Waals surface area contributed by atoms with Gasteiger partial charge in [-0.15, -0.1) is 0 Å². The SMILES string of the molecule is CCCC(C)N(C)CC1(C(=O)O)CCCC1. The van der Waals surface area contributed by atoms with E-state index in [1.165, 1.54) is 0 Å². The number of carboxylic acid groups (broad SMARTS) is 1. The lowest BCUT2D eigenvalue weighted by atomic mass is 9.85. The predicted molar refractivity (Wildman–Crippen MR) is 65.5 cm³/mol. The normalized spacial score (nSPS) is 21.2. The lowest BCUT2D eigenvalue weighted by molar-refractivity contribution is -0.150. The van der Waals surface area contributed by atoms with Gasteiger partial charge in [0, 0.05) is 12.6 Å². The molecular formula is C13H25NO2. The van der Waals surface area contributed by atoms with Gasteiger partial charge in [0.15, 0.2) is 0 Å². The van der Waals surface area contributed by atoms with Gasteiger partial charge in [0.05, 0.1) is 5.41 Å². The van der Waals surface area contributed by atoms with Crippen LogP contribution in [0.4, 0.5) is 0 Å². The fraction of sp³-hybridized carbons (Fsp3) is 0.923. The highest BCUT2D eigenvalue weighted by Gasteiger charge is 2.42. The van der Waals surface area contributed by atoms with E-state index in [2.05, 4.69) is 25.8 Å². The van der Waals surface area contributed by atoms with Crippen LogP contribution in [-0.2, 0) is 4.79 Å². The van der Waals surface area contributed by atoms with E-state index in [0.717, 1.165) is 38.5 Å². The second kappa shape index (κ2) is 5.67. The zero-order valence-electron chi connectivity index (χ0n) is 10.8. The van der Waals surface area contributed by atoms with Gasteiger partial charge in [0.25, 0.3) is 0 Å². The zero-order valence-corrected chi connectivity index (χ0v) is 10.8. The Morgan fingerprint density at radius 1 is 1.44 bits per heavy atom. The molecule has 0 bridgehead atoms. The minimum atomic E-state index is -0.597. The minimum Gasteiger partial charge on any atom is -0.481 e. The molecule has 1 saturated carbocycles. The topological polar surface area (TPSA) is 40.5 Å². The Labute approximate surface area is 98.8 Å². The Morgan fingerprint density at radius 3 is 2.44 bits per heavy atom. The van der Waals surface area contributed by atoms with Gasteiger partial charge >= 0.3 is 5.97 Å². The third-order valence-corrected chi connectivity index (χ3v) is 4.03. The summed E-state index contributed by atoms with van der Waals surface area (Å²) in [5.74, 6) is -0.597. The van der Waals surface area contributed by atoms with Crippen LogP contribution in [0.5, 0.6) is 0 Å². The van der Waals surface area contributed by atoms with Crippen molar-refractivity contribution in [3.63, 3.8) is 0 Å². The van der Waals surface area contributed by atoms with Gasteiger partial charge in [-0.3, -0.25) is 4.79 Å². The van der Waals surface area contributed by atoms with Crippen LogP contribution >= 0.6 is 0 Å². The Balaban J connectivity index is 2.58. The zero-order chi connectivity index (χ0) is 12.2. The van der Waals surface area contributed by atoms with Crippen molar-refractivity contribution in [2.45, 2.75) is 58.4 Å². The molecule has 3 heteroatoms. The maximum Gasteiger partial charge on any atom is 0.310 e. The second-order valence-corrected chi connectivity index (χ2v) is 5.35. The molecule has 0 spiro atoms. The number of carbonyl (C=O) groups is 1. The van der Waals surface area contributed by atoms with Crippen LogP contribution in [0.1, 0.15) is 52.4 Å². The molecule has 0 aromatic heterocycles. The average molecular weight is 227 g/mol. The van der Waals surface area contributed by atoms with Crippen molar-refractivity contribution >= 4 is 5.97 Å². The van der Waals surface area contributed by atoms with E-state index in [-0.39, 0.29) is 0 Å². The number of rotatable bonds is 6. The molecule has 1 unspecified atom stereocenters. The van der Waals surface area contributed by atoms with E-state index < -0.39 is 11.4 Å². The first-order chi connectivity index (χ1) is 7.52. The first-order valence-corrected chi connectivity index (χ1v) is 6.45. The van der Waals surface area contributed by atoms with Crippen LogP contribution < -0.4 is 0 Å². The average Bonchev–Trinajstić information content (AvgIpc) is 2.68. The molecule has 0 aromatic rings. The summed E-state index contributed by atoms with van der Waals surface area (Å²) in [6.07, 6.45) is 6.15. The monoisotopic (exact) mass is 227 g/mol. The van der Waals surface area contributed by atoms with Crippen molar-refractivity contribution < 1.29 is 9.90 Å². The lowest BCUT2D eigenvalue weighted by Gasteiger charge is -2.33. The van der Waals surface area contributed by atoms with Crippen LogP contribution in [0.2, 0.25) is 0 Å². The van der Waals surface area contributed by atoms with Crippen LogP contribution in [-0.4, -0.2) is 35.6 Å². The molecule has 0 radical (unpaired) electrons. The van der Waals surface area contributed by atoms with E-state index in [1.807, 2.05) is 0 Å². The van der Waals surface area contributed by atoms with Gasteiger partial charge in [-0.25, -0.2) is 0 Å². The van der Waals surface area contributed by atoms with E-state index >= 15 is 0 Å². The van der Waals surface area contributed by atoms with Gasteiger partial charge in [-0.1, -0.05) is 26.2 Å². The van der Waals surface area contributed by atoms with E-state index in [0.29, 0.717) is 12.6 Å². The summed E-state index contributed by atoms with van der Waals surface area (Å²) in [7, 11) is 2.06. The van der Waals surface area contributed by atoms with E-state index in [4.69, 9.17) is 0 Å². The van der Waals surface area contributed by atoms with Crippen LogP contribution in [0, 0.1) is 5.41 Å². The van der Waals surface area contributed by atoms with Gasteiger partial charge in [0.1, 0.15) is 0 Å². The van der Waals surface area contributed by atoms with Crippen molar-refractivity contribution in [3.8, 4) is 0 Å². The first-order valence-electron chi connectivity index (χ1n) is 6.45. The van der Waals surface area contributed by atoms with E-state index in [9.17, 15) is 9.90 Å². The Bertz CT molecular complexity index is 234. The molecule has 3 nitrogen and oxygen atoms in total. The number of hydrogen-bond acceptors (Lipinski definition) is 2. The lowest BCUT2D eigenvalue weighted by Crippen LogP contribution is -2.43. The molecule has 1 fully saturated rings. The minimum absolute atomic E-state index is 0.462. The Morgan fingerprint density at radius 2 is 2.00 bits per heavy atom. The third-order valence-electron chi connectivity index (χ3n) is 4.03.